The Kier molecular flexibility index (Phi) is 4.14. The number of nitrogens with zero attached hydrogens (tertiary/aromatic N) is 5. The van der Waals surface area contributed by atoms with Crippen molar-refractivity contribution in [2.75, 3.05) is 0 Å². The molecule has 4 heterocycles. The number of fused-ring (bicyclic) bond motifs is 1. The quantitative estimate of drug-likeness (QED) is 0.400. The van der Waals surface area contributed by atoms with E-state index >= 15 is 0 Å². The smallest absolute Gasteiger partial charge is 0.248 e. The van der Waals surface area contributed by atoms with E-state index in [1.165, 1.54) is 4.57 Å². The first-order chi connectivity index (χ1) is 15.6. The predicted molar refractivity (Wildman–Crippen MR) is 114 cm³/mol. The normalized spacial score (nSPS) is 17.6. The Balaban J connectivity index is 1.69. The molecule has 0 unspecified atom stereocenters. The topological polar surface area (TPSA) is 61.7 Å². The predicted octanol–water partition coefficient (Wildman–Crippen LogP) is 5.63. The van der Waals surface area contributed by atoms with Gasteiger partial charge in [0.2, 0.25) is 5.92 Å². The van der Waals surface area contributed by atoms with Crippen molar-refractivity contribution in [3.8, 4) is 22.3 Å². The molecule has 0 aliphatic heterocycles. The molecule has 0 spiro atoms. The molecular formula is C23H25F2N5O. The summed E-state index contributed by atoms with van der Waals surface area (Å²) in [5.41, 5.74) is 4.88. The maximum atomic E-state index is 13.6. The van der Waals surface area contributed by atoms with Crippen LogP contribution >= 0.6 is 0 Å². The Hall–Kier alpha value is -3.03. The molecular weight excluding hydrogens is 400 g/mol. The fourth-order valence-electron chi connectivity index (χ4n) is 4.26. The van der Waals surface area contributed by atoms with Gasteiger partial charge in [-0.2, -0.15) is 5.10 Å². The fourth-order valence-corrected chi connectivity index (χ4v) is 4.26. The first-order valence-electron chi connectivity index (χ1n) is 11.5. The molecule has 0 atom stereocenters. The molecule has 0 radical (unpaired) electrons. The van der Waals surface area contributed by atoms with Crippen molar-refractivity contribution in [3.63, 3.8) is 0 Å². The third kappa shape index (κ3) is 3.54. The second kappa shape index (κ2) is 7.28. The Bertz CT molecular complexity index is 1310. The summed E-state index contributed by atoms with van der Waals surface area (Å²) in [4.78, 5) is 4.67. The maximum Gasteiger partial charge on any atom is 0.248 e. The highest BCUT2D eigenvalue weighted by molar-refractivity contribution is 5.94. The Labute approximate surface area is 181 Å². The van der Waals surface area contributed by atoms with Crippen LogP contribution in [0.3, 0.4) is 0 Å². The molecule has 4 aromatic heterocycles. The van der Waals surface area contributed by atoms with Gasteiger partial charge in [-0.15, -0.1) is 0 Å². The van der Waals surface area contributed by atoms with Crippen LogP contribution in [-0.4, -0.2) is 30.4 Å². The molecule has 5 rings (SSSR count). The van der Waals surface area contributed by atoms with E-state index in [1.54, 1.807) is 18.6 Å². The summed E-state index contributed by atoms with van der Waals surface area (Å²) in [6.07, 6.45) is 7.01. The molecule has 0 amide bonds. The van der Waals surface area contributed by atoms with Crippen LogP contribution in [0.5, 0.6) is 0 Å². The largest absolute Gasteiger partial charge is 0.361 e. The van der Waals surface area contributed by atoms with Crippen molar-refractivity contribution in [2.24, 2.45) is 5.92 Å². The molecule has 1 aliphatic rings. The summed E-state index contributed by atoms with van der Waals surface area (Å²) in [5, 5.41) is 8.39. The van der Waals surface area contributed by atoms with Gasteiger partial charge in [0, 0.05) is 66.7 Å². The molecule has 6 nitrogen and oxygen atoms in total. The second-order valence-corrected chi connectivity index (χ2v) is 8.29. The first kappa shape index (κ1) is 17.6. The summed E-state index contributed by atoms with van der Waals surface area (Å²) in [7, 11) is 0. The van der Waals surface area contributed by atoms with Gasteiger partial charge in [-0.25, -0.2) is 8.78 Å². The van der Waals surface area contributed by atoms with Gasteiger partial charge in [0.15, 0.2) is 0 Å². The molecule has 8 heteroatoms. The fraction of sp³-hybridized carbons (Fsp3) is 0.435. The van der Waals surface area contributed by atoms with Gasteiger partial charge in [0.05, 0.1) is 25.7 Å². The third-order valence-corrected chi connectivity index (χ3v) is 5.77. The van der Waals surface area contributed by atoms with Gasteiger partial charge in [-0.3, -0.25) is 9.67 Å². The van der Waals surface area contributed by atoms with E-state index in [9.17, 15) is 8.78 Å². The third-order valence-electron chi connectivity index (χ3n) is 5.77. The van der Waals surface area contributed by atoms with E-state index in [0.717, 1.165) is 29.7 Å². The highest BCUT2D eigenvalue weighted by Gasteiger charge is 2.45. The highest BCUT2D eigenvalue weighted by Crippen LogP contribution is 2.44. The molecule has 162 valence electrons. The molecule has 0 N–H and O–H groups in total. The number of rotatable bonds is 6. The van der Waals surface area contributed by atoms with Crippen molar-refractivity contribution >= 4 is 11.0 Å². The number of alkyl halides is 2. The number of aryl methyl sites for hydroxylation is 3. The average Bonchev–Trinajstić information content (AvgIpc) is 3.43. The monoisotopic (exact) mass is 427 g/mol. The summed E-state index contributed by atoms with van der Waals surface area (Å²) in [6.45, 7) is 4.46. The van der Waals surface area contributed by atoms with Crippen LogP contribution in [0.15, 0.2) is 35.4 Å². The van der Waals surface area contributed by atoms with Gasteiger partial charge < -0.3 is 9.09 Å². The SMILES string of the molecule is [2H]C([2H])(C1CC(F)(F)C1)n1cc(-c2cnn(CCC)c2)c2ncc(-c3c(C)noc3C)cc21. The van der Waals surface area contributed by atoms with Crippen LogP contribution in [0.2, 0.25) is 0 Å². The number of hydrogen-bond donors (Lipinski definition) is 0. The van der Waals surface area contributed by atoms with Crippen LogP contribution in [0.4, 0.5) is 8.78 Å². The second-order valence-electron chi connectivity index (χ2n) is 8.29. The Morgan fingerprint density at radius 3 is 2.71 bits per heavy atom. The van der Waals surface area contributed by atoms with E-state index in [0.29, 0.717) is 28.1 Å². The summed E-state index contributed by atoms with van der Waals surface area (Å²) < 4.78 is 53.4. The first-order valence-corrected chi connectivity index (χ1v) is 10.5. The van der Waals surface area contributed by atoms with Crippen LogP contribution < -0.4 is 0 Å². The van der Waals surface area contributed by atoms with Gasteiger partial charge in [-0.1, -0.05) is 12.1 Å². The maximum absolute atomic E-state index is 13.6. The molecule has 1 fully saturated rings. The minimum absolute atomic E-state index is 0.472. The number of halogens is 2. The van der Waals surface area contributed by atoms with Crippen molar-refractivity contribution in [1.29, 1.82) is 0 Å². The van der Waals surface area contributed by atoms with Crippen LogP contribution in [-0.2, 0) is 13.0 Å². The lowest BCUT2D eigenvalue weighted by atomic mass is 9.81. The minimum atomic E-state index is -2.81. The van der Waals surface area contributed by atoms with E-state index in [4.69, 9.17) is 7.26 Å². The minimum Gasteiger partial charge on any atom is -0.361 e. The zero-order valence-corrected chi connectivity index (χ0v) is 17.7. The molecule has 1 saturated carbocycles. The number of hydrogen-bond acceptors (Lipinski definition) is 4. The van der Waals surface area contributed by atoms with Gasteiger partial charge in [0.25, 0.3) is 0 Å². The van der Waals surface area contributed by atoms with E-state index < -0.39 is 31.2 Å². The van der Waals surface area contributed by atoms with Crippen LogP contribution in [0.1, 0.15) is 40.4 Å². The number of pyridine rings is 1. The molecule has 31 heavy (non-hydrogen) atoms. The van der Waals surface area contributed by atoms with Gasteiger partial charge in [0.1, 0.15) is 5.76 Å². The summed E-state index contributed by atoms with van der Waals surface area (Å²) in [5.74, 6) is -2.97. The van der Waals surface area contributed by atoms with Crippen molar-refractivity contribution in [3.05, 3.63) is 42.3 Å². The summed E-state index contributed by atoms with van der Waals surface area (Å²) >= 11 is 0. The molecule has 4 aromatic rings. The van der Waals surface area contributed by atoms with Gasteiger partial charge in [-0.05, 0) is 32.3 Å². The van der Waals surface area contributed by atoms with Crippen molar-refractivity contribution in [2.45, 2.75) is 59.0 Å². The lowest BCUT2D eigenvalue weighted by Crippen LogP contribution is -2.37. The lowest BCUT2D eigenvalue weighted by Gasteiger charge is -2.35. The number of aromatic nitrogens is 5. The average molecular weight is 427 g/mol. The van der Waals surface area contributed by atoms with Gasteiger partial charge >= 0.3 is 0 Å². The molecule has 0 aromatic carbocycles. The zero-order chi connectivity index (χ0) is 23.5. The van der Waals surface area contributed by atoms with Crippen LogP contribution in [0, 0.1) is 19.8 Å². The van der Waals surface area contributed by atoms with Crippen LogP contribution in [0.25, 0.3) is 33.3 Å². The zero-order valence-electron chi connectivity index (χ0n) is 19.7. The van der Waals surface area contributed by atoms with Crippen molar-refractivity contribution < 1.29 is 16.0 Å². The lowest BCUT2D eigenvalue weighted by molar-refractivity contribution is -0.113. The van der Waals surface area contributed by atoms with E-state index in [-0.39, 0.29) is 0 Å². The molecule has 0 bridgehead atoms. The van der Waals surface area contributed by atoms with Crippen molar-refractivity contribution in [1.82, 2.24) is 24.5 Å². The standard InChI is InChI=1S/C23H25F2N5O/c1-4-5-30-12-18(10-27-30)19-13-29(11-16-7-23(24,25)8-16)20-6-17(9-26-22(19)20)21-14(2)28-31-15(21)3/h6,9-10,12-13,16H,4-5,7-8,11H2,1-3H3/i11D2. The molecule has 0 saturated heterocycles. The Morgan fingerprint density at radius 2 is 2.03 bits per heavy atom. The summed E-state index contributed by atoms with van der Waals surface area (Å²) in [6, 6.07) is 1.84. The Morgan fingerprint density at radius 1 is 1.23 bits per heavy atom. The molecule has 1 aliphatic carbocycles. The van der Waals surface area contributed by atoms with E-state index in [2.05, 4.69) is 22.2 Å². The highest BCUT2D eigenvalue weighted by atomic mass is 19.3. The van der Waals surface area contributed by atoms with E-state index in [1.807, 2.05) is 30.8 Å².